The molecule has 0 aliphatic heterocycles. The maximum absolute atomic E-state index is 5.64. The maximum atomic E-state index is 5.64. The zero-order valence-corrected chi connectivity index (χ0v) is 10.8. The van der Waals surface area contributed by atoms with Crippen molar-refractivity contribution in [3.8, 4) is 0 Å². The van der Waals surface area contributed by atoms with Gasteiger partial charge in [0.05, 0.1) is 6.61 Å². The van der Waals surface area contributed by atoms with Gasteiger partial charge in [-0.15, -0.1) is 0 Å². The van der Waals surface area contributed by atoms with E-state index in [1.165, 1.54) is 0 Å². The van der Waals surface area contributed by atoms with Crippen LogP contribution in [0, 0.1) is 0 Å². The molecule has 5 N–H and O–H groups in total. The normalized spacial score (nSPS) is 10.4. The Balaban J connectivity index is 2.22. The van der Waals surface area contributed by atoms with Gasteiger partial charge in [-0.3, -0.25) is 0 Å². The van der Waals surface area contributed by atoms with E-state index in [0.717, 1.165) is 17.7 Å². The zero-order chi connectivity index (χ0) is 13.7. The third kappa shape index (κ3) is 3.56. The molecule has 2 rings (SSSR count). The number of ether oxygens (including phenoxy) is 1. The molecule has 6 heteroatoms. The van der Waals surface area contributed by atoms with Gasteiger partial charge in [0.2, 0.25) is 5.95 Å². The first-order chi connectivity index (χ1) is 9.19. The average Bonchev–Trinajstić information content (AvgIpc) is 2.36. The van der Waals surface area contributed by atoms with Gasteiger partial charge >= 0.3 is 0 Å². The largest absolute Gasteiger partial charge is 0.384 e. The van der Waals surface area contributed by atoms with Crippen molar-refractivity contribution in [1.29, 1.82) is 0 Å². The minimum atomic E-state index is 0.150. The van der Waals surface area contributed by atoms with Crippen molar-refractivity contribution in [3.63, 3.8) is 0 Å². The lowest BCUT2D eigenvalue weighted by Gasteiger charge is -2.11. The summed E-state index contributed by atoms with van der Waals surface area (Å²) in [5.74, 6) is 1.07. The molecule has 100 valence electrons. The number of para-hydroxylation sites is 1. The highest BCUT2D eigenvalue weighted by Gasteiger charge is 2.04. The summed E-state index contributed by atoms with van der Waals surface area (Å²) in [6.07, 6.45) is 0.815. The number of anilines is 4. The van der Waals surface area contributed by atoms with E-state index in [-0.39, 0.29) is 5.95 Å². The number of rotatable bonds is 5. The molecule has 2 aromatic rings. The summed E-state index contributed by atoms with van der Waals surface area (Å²) in [6, 6.07) is 9.59. The Bertz CT molecular complexity index is 538. The van der Waals surface area contributed by atoms with Crippen LogP contribution in [0.3, 0.4) is 0 Å². The highest BCUT2D eigenvalue weighted by Crippen LogP contribution is 2.21. The van der Waals surface area contributed by atoms with Crippen molar-refractivity contribution in [3.05, 3.63) is 35.9 Å². The molecule has 0 amide bonds. The van der Waals surface area contributed by atoms with E-state index < -0.39 is 0 Å². The lowest BCUT2D eigenvalue weighted by Crippen LogP contribution is -2.05. The van der Waals surface area contributed by atoms with Gasteiger partial charge in [-0.25, -0.2) is 0 Å². The van der Waals surface area contributed by atoms with Gasteiger partial charge in [0.25, 0.3) is 0 Å². The van der Waals surface area contributed by atoms with Crippen LogP contribution in [-0.2, 0) is 11.2 Å². The Hall–Kier alpha value is -2.34. The van der Waals surface area contributed by atoms with Crippen LogP contribution in [0.25, 0.3) is 0 Å². The van der Waals surface area contributed by atoms with Crippen molar-refractivity contribution in [2.75, 3.05) is 30.5 Å². The summed E-state index contributed by atoms with van der Waals surface area (Å²) in [5, 5.41) is 3.20. The van der Waals surface area contributed by atoms with Crippen molar-refractivity contribution >= 4 is 23.3 Å². The zero-order valence-electron chi connectivity index (χ0n) is 10.8. The first kappa shape index (κ1) is 13.1. The van der Waals surface area contributed by atoms with Crippen LogP contribution in [-0.4, -0.2) is 23.7 Å². The van der Waals surface area contributed by atoms with Crippen molar-refractivity contribution < 1.29 is 4.74 Å². The smallest absolute Gasteiger partial charge is 0.223 e. The number of hydrogen-bond acceptors (Lipinski definition) is 6. The Morgan fingerprint density at radius 3 is 2.74 bits per heavy atom. The molecule has 0 bridgehead atoms. The van der Waals surface area contributed by atoms with Crippen LogP contribution >= 0.6 is 0 Å². The molecule has 0 spiro atoms. The third-order valence-corrected chi connectivity index (χ3v) is 2.62. The number of hydrogen-bond donors (Lipinski definition) is 3. The molecule has 0 saturated heterocycles. The van der Waals surface area contributed by atoms with E-state index in [4.69, 9.17) is 16.2 Å². The molecule has 6 nitrogen and oxygen atoms in total. The van der Waals surface area contributed by atoms with Gasteiger partial charge in [0.15, 0.2) is 0 Å². The van der Waals surface area contributed by atoms with E-state index in [9.17, 15) is 0 Å². The van der Waals surface area contributed by atoms with Crippen LogP contribution < -0.4 is 16.8 Å². The number of methoxy groups -OCH3 is 1. The minimum absolute atomic E-state index is 0.150. The fourth-order valence-electron chi connectivity index (χ4n) is 1.76. The number of benzene rings is 1. The van der Waals surface area contributed by atoms with Gasteiger partial charge in [-0.1, -0.05) is 18.2 Å². The Morgan fingerprint density at radius 1 is 1.21 bits per heavy atom. The van der Waals surface area contributed by atoms with Gasteiger partial charge in [-0.2, -0.15) is 9.97 Å². The second-order valence-corrected chi connectivity index (χ2v) is 4.06. The third-order valence-electron chi connectivity index (χ3n) is 2.62. The molecule has 0 radical (unpaired) electrons. The van der Waals surface area contributed by atoms with Crippen molar-refractivity contribution in [2.24, 2.45) is 0 Å². The maximum Gasteiger partial charge on any atom is 0.223 e. The van der Waals surface area contributed by atoms with Gasteiger partial charge in [0.1, 0.15) is 11.6 Å². The standard InChI is InChI=1S/C13H17N5O/c1-19-7-6-9-4-2-3-5-10(9)16-12-8-11(14)17-13(15)18-12/h2-5,8H,6-7H2,1H3,(H5,14,15,16,17,18). The predicted octanol–water partition coefficient (Wildman–Crippen LogP) is 1.57. The first-order valence-electron chi connectivity index (χ1n) is 5.93. The summed E-state index contributed by atoms with van der Waals surface area (Å²) in [4.78, 5) is 7.93. The molecule has 0 unspecified atom stereocenters. The lowest BCUT2D eigenvalue weighted by atomic mass is 10.1. The molecular weight excluding hydrogens is 242 g/mol. The van der Waals surface area contributed by atoms with Gasteiger partial charge < -0.3 is 21.5 Å². The van der Waals surface area contributed by atoms with E-state index in [0.29, 0.717) is 18.2 Å². The molecule has 0 saturated carbocycles. The van der Waals surface area contributed by atoms with Crippen LogP contribution in [0.1, 0.15) is 5.56 Å². The van der Waals surface area contributed by atoms with E-state index in [1.54, 1.807) is 13.2 Å². The topological polar surface area (TPSA) is 99.1 Å². The van der Waals surface area contributed by atoms with Crippen LogP contribution in [0.15, 0.2) is 30.3 Å². The Labute approximate surface area is 111 Å². The van der Waals surface area contributed by atoms with Gasteiger partial charge in [0, 0.05) is 18.9 Å². The van der Waals surface area contributed by atoms with Crippen LogP contribution in [0.5, 0.6) is 0 Å². The number of aromatic nitrogens is 2. The summed E-state index contributed by atoms with van der Waals surface area (Å²) in [5.41, 5.74) is 13.3. The summed E-state index contributed by atoms with van der Waals surface area (Å²) in [7, 11) is 1.68. The van der Waals surface area contributed by atoms with E-state index in [1.807, 2.05) is 24.3 Å². The molecule has 0 aliphatic rings. The van der Waals surface area contributed by atoms with Gasteiger partial charge in [-0.05, 0) is 18.1 Å². The van der Waals surface area contributed by atoms with Crippen molar-refractivity contribution in [2.45, 2.75) is 6.42 Å². The number of nitrogens with zero attached hydrogens (tertiary/aromatic N) is 2. The van der Waals surface area contributed by atoms with E-state index >= 15 is 0 Å². The minimum Gasteiger partial charge on any atom is -0.384 e. The SMILES string of the molecule is COCCc1ccccc1Nc1cc(N)nc(N)n1. The summed E-state index contributed by atoms with van der Waals surface area (Å²) < 4.78 is 5.10. The Kier molecular flexibility index (Phi) is 4.15. The first-order valence-corrected chi connectivity index (χ1v) is 5.93. The quantitative estimate of drug-likeness (QED) is 0.753. The van der Waals surface area contributed by atoms with Crippen LogP contribution in [0.4, 0.5) is 23.3 Å². The number of nitrogens with one attached hydrogen (secondary N) is 1. The molecule has 1 aromatic carbocycles. The lowest BCUT2D eigenvalue weighted by molar-refractivity contribution is 0.202. The second kappa shape index (κ2) is 6.01. The average molecular weight is 259 g/mol. The fourth-order valence-corrected chi connectivity index (χ4v) is 1.76. The number of nitrogen functional groups attached to an aromatic ring is 2. The van der Waals surface area contributed by atoms with Crippen molar-refractivity contribution in [1.82, 2.24) is 9.97 Å². The molecule has 0 aliphatic carbocycles. The second-order valence-electron chi connectivity index (χ2n) is 4.06. The Morgan fingerprint density at radius 2 is 2.00 bits per heavy atom. The molecule has 1 heterocycles. The monoisotopic (exact) mass is 259 g/mol. The molecule has 19 heavy (non-hydrogen) atoms. The molecule has 0 fully saturated rings. The van der Waals surface area contributed by atoms with E-state index in [2.05, 4.69) is 15.3 Å². The number of nitrogens with two attached hydrogens (primary N) is 2. The summed E-state index contributed by atoms with van der Waals surface area (Å²) >= 11 is 0. The highest BCUT2D eigenvalue weighted by atomic mass is 16.5. The fraction of sp³-hybridized carbons (Fsp3) is 0.231. The predicted molar refractivity (Wildman–Crippen MR) is 76.2 cm³/mol. The highest BCUT2D eigenvalue weighted by molar-refractivity contribution is 5.63. The molecule has 1 aromatic heterocycles. The molecule has 0 atom stereocenters. The van der Waals surface area contributed by atoms with Crippen LogP contribution in [0.2, 0.25) is 0 Å². The molecular formula is C13H17N5O. The summed E-state index contributed by atoms with van der Waals surface area (Å²) in [6.45, 7) is 0.659.